The minimum Gasteiger partial charge on any atom is -0.391 e. The Bertz CT molecular complexity index is 614. The summed E-state index contributed by atoms with van der Waals surface area (Å²) in [5, 5.41) is 20.7. The molecular weight excluding hydrogens is 270 g/mol. The van der Waals surface area contributed by atoms with Crippen LogP contribution in [0.3, 0.4) is 0 Å². The van der Waals surface area contributed by atoms with E-state index in [0.717, 1.165) is 0 Å². The van der Waals surface area contributed by atoms with Gasteiger partial charge in [0.25, 0.3) is 5.91 Å². The summed E-state index contributed by atoms with van der Waals surface area (Å²) < 4.78 is 0. The van der Waals surface area contributed by atoms with Crippen LogP contribution in [-0.4, -0.2) is 40.7 Å². The van der Waals surface area contributed by atoms with Gasteiger partial charge in [0.2, 0.25) is 0 Å². The molecule has 0 saturated carbocycles. The molecule has 0 aliphatic heterocycles. The molecule has 3 N–H and O–H groups in total. The minimum absolute atomic E-state index is 0.303. The lowest BCUT2D eigenvalue weighted by molar-refractivity contribution is -0.125. The van der Waals surface area contributed by atoms with Crippen molar-refractivity contribution in [2.75, 3.05) is 6.61 Å². The molecule has 0 spiro atoms. The first-order valence-electron chi connectivity index (χ1n) is 6.18. The lowest BCUT2D eigenvalue weighted by Gasteiger charge is -2.19. The second-order valence-corrected chi connectivity index (χ2v) is 4.29. The molecule has 5 nitrogen and oxygen atoms in total. The average molecular weight is 285 g/mol. The molecule has 1 rings (SSSR count). The molecule has 0 fully saturated rings. The number of aliphatic hydroxyl groups is 2. The smallest absolute Gasteiger partial charge is 0.251 e. The van der Waals surface area contributed by atoms with Gasteiger partial charge in [0.15, 0.2) is 5.78 Å². The monoisotopic (exact) mass is 285 g/mol. The Labute approximate surface area is 123 Å². The van der Waals surface area contributed by atoms with Crippen LogP contribution in [0.1, 0.15) is 22.8 Å². The van der Waals surface area contributed by atoms with Crippen molar-refractivity contribution in [3.05, 3.63) is 35.4 Å². The van der Waals surface area contributed by atoms with Crippen molar-refractivity contribution in [3.8, 4) is 24.2 Å². The van der Waals surface area contributed by atoms with Crippen molar-refractivity contribution >= 4 is 11.7 Å². The maximum absolute atomic E-state index is 12.0. The van der Waals surface area contributed by atoms with Gasteiger partial charge in [-0.25, -0.2) is 0 Å². The molecule has 0 aromatic heterocycles. The molecule has 1 aromatic carbocycles. The van der Waals surface area contributed by atoms with Gasteiger partial charge in [-0.05, 0) is 43.0 Å². The van der Waals surface area contributed by atoms with Crippen LogP contribution >= 0.6 is 0 Å². The van der Waals surface area contributed by atoms with Crippen LogP contribution in [0.25, 0.3) is 0 Å². The van der Waals surface area contributed by atoms with E-state index in [2.05, 4.69) is 23.1 Å². The van der Waals surface area contributed by atoms with Crippen LogP contribution in [0, 0.1) is 24.2 Å². The summed E-state index contributed by atoms with van der Waals surface area (Å²) >= 11 is 0. The Kier molecular flexibility index (Phi) is 6.16. The SMILES string of the molecule is C#CC#Cc1ccc(C(=O)N[C@H](C(=O)CO)[C@@H](C)O)cc1. The molecular formula is C16H15NO4. The number of rotatable bonds is 5. The van der Waals surface area contributed by atoms with Crippen LogP contribution in [0.5, 0.6) is 0 Å². The summed E-state index contributed by atoms with van der Waals surface area (Å²) in [7, 11) is 0. The summed E-state index contributed by atoms with van der Waals surface area (Å²) in [4.78, 5) is 23.4. The van der Waals surface area contributed by atoms with E-state index in [9.17, 15) is 14.7 Å². The van der Waals surface area contributed by atoms with Crippen LogP contribution in [0.2, 0.25) is 0 Å². The standard InChI is InChI=1S/C16H15NO4/c1-3-4-5-12-6-8-13(9-7-12)16(21)17-15(11(2)19)14(20)10-18/h1,6-9,11,15,18-19H,10H2,2H3,(H,17,21)/t11-,15+/m1/s1. The van der Waals surface area contributed by atoms with Crippen molar-refractivity contribution < 1.29 is 19.8 Å². The van der Waals surface area contributed by atoms with Gasteiger partial charge in [-0.3, -0.25) is 9.59 Å². The van der Waals surface area contributed by atoms with Crippen molar-refractivity contribution in [3.63, 3.8) is 0 Å². The number of hydrogen-bond donors (Lipinski definition) is 3. The predicted octanol–water partition coefficient (Wildman–Crippen LogP) is -0.288. The van der Waals surface area contributed by atoms with E-state index in [0.29, 0.717) is 11.1 Å². The topological polar surface area (TPSA) is 86.6 Å². The lowest BCUT2D eigenvalue weighted by atomic mass is 10.1. The third kappa shape index (κ3) is 4.77. The first-order valence-corrected chi connectivity index (χ1v) is 6.18. The Morgan fingerprint density at radius 1 is 1.33 bits per heavy atom. The zero-order valence-electron chi connectivity index (χ0n) is 11.5. The number of aliphatic hydroxyl groups excluding tert-OH is 2. The van der Waals surface area contributed by atoms with Crippen molar-refractivity contribution in [2.45, 2.75) is 19.1 Å². The number of carbonyl (C=O) groups is 2. The highest BCUT2D eigenvalue weighted by molar-refractivity contribution is 5.98. The van der Waals surface area contributed by atoms with Gasteiger partial charge in [-0.15, -0.1) is 6.42 Å². The van der Waals surface area contributed by atoms with Crippen molar-refractivity contribution in [1.29, 1.82) is 0 Å². The van der Waals surface area contributed by atoms with E-state index in [-0.39, 0.29) is 0 Å². The first-order chi connectivity index (χ1) is 9.99. The fourth-order valence-corrected chi connectivity index (χ4v) is 1.61. The van der Waals surface area contributed by atoms with Crippen molar-refractivity contribution in [2.24, 2.45) is 0 Å². The predicted molar refractivity (Wildman–Crippen MR) is 77.2 cm³/mol. The number of nitrogens with one attached hydrogen (secondary N) is 1. The minimum atomic E-state index is -1.15. The largest absolute Gasteiger partial charge is 0.391 e. The maximum atomic E-state index is 12.0. The highest BCUT2D eigenvalue weighted by Crippen LogP contribution is 2.05. The lowest BCUT2D eigenvalue weighted by Crippen LogP contribution is -2.48. The Morgan fingerprint density at radius 3 is 2.43 bits per heavy atom. The molecule has 0 bridgehead atoms. The fraction of sp³-hybridized carbons (Fsp3) is 0.250. The third-order valence-electron chi connectivity index (χ3n) is 2.70. The van der Waals surface area contributed by atoms with E-state index >= 15 is 0 Å². The second kappa shape index (κ2) is 7.86. The summed E-state index contributed by atoms with van der Waals surface area (Å²) in [6.45, 7) is 0.605. The van der Waals surface area contributed by atoms with Gasteiger partial charge >= 0.3 is 0 Å². The Morgan fingerprint density at radius 2 is 1.95 bits per heavy atom. The molecule has 0 aliphatic carbocycles. The Balaban J connectivity index is 2.84. The number of terminal acetylenes is 1. The first kappa shape index (κ1) is 16.5. The number of hydrogen-bond acceptors (Lipinski definition) is 4. The van der Waals surface area contributed by atoms with E-state index in [1.54, 1.807) is 12.1 Å². The number of carbonyl (C=O) groups excluding carboxylic acids is 2. The van der Waals surface area contributed by atoms with Gasteiger partial charge in [0.05, 0.1) is 6.10 Å². The molecule has 1 amide bonds. The quantitative estimate of drug-likeness (QED) is 0.649. The van der Waals surface area contributed by atoms with E-state index < -0.39 is 30.4 Å². The molecule has 2 atom stereocenters. The molecule has 1 aromatic rings. The zero-order valence-corrected chi connectivity index (χ0v) is 11.5. The summed E-state index contributed by atoms with van der Waals surface area (Å²) in [5.74, 6) is 6.15. The van der Waals surface area contributed by atoms with E-state index in [1.807, 2.05) is 0 Å². The van der Waals surface area contributed by atoms with Crippen LogP contribution in [0.4, 0.5) is 0 Å². The van der Waals surface area contributed by atoms with E-state index in [1.165, 1.54) is 19.1 Å². The normalized spacial score (nSPS) is 12.3. The summed E-state index contributed by atoms with van der Waals surface area (Å²) in [6.07, 6.45) is 3.91. The highest BCUT2D eigenvalue weighted by atomic mass is 16.3. The molecule has 0 unspecified atom stereocenters. The van der Waals surface area contributed by atoms with Gasteiger partial charge in [0.1, 0.15) is 12.6 Å². The second-order valence-electron chi connectivity index (χ2n) is 4.29. The van der Waals surface area contributed by atoms with Crippen LogP contribution in [0.15, 0.2) is 24.3 Å². The van der Waals surface area contributed by atoms with Gasteiger partial charge < -0.3 is 15.5 Å². The highest BCUT2D eigenvalue weighted by Gasteiger charge is 2.25. The maximum Gasteiger partial charge on any atom is 0.251 e. The zero-order chi connectivity index (χ0) is 15.8. The fourth-order valence-electron chi connectivity index (χ4n) is 1.61. The number of ketones is 1. The molecule has 0 radical (unpaired) electrons. The number of benzene rings is 1. The van der Waals surface area contributed by atoms with Crippen LogP contribution < -0.4 is 5.32 Å². The average Bonchev–Trinajstić information content (AvgIpc) is 2.49. The molecule has 5 heteroatoms. The summed E-state index contributed by atoms with van der Waals surface area (Å²) in [6, 6.07) is 5.13. The molecule has 108 valence electrons. The molecule has 0 aliphatic rings. The van der Waals surface area contributed by atoms with Crippen molar-refractivity contribution in [1.82, 2.24) is 5.32 Å². The van der Waals surface area contributed by atoms with Gasteiger partial charge in [-0.2, -0.15) is 0 Å². The Hall–Kier alpha value is -2.60. The molecule has 0 saturated heterocycles. The number of Topliss-reactive ketones (excluding diaryl/α,β-unsaturated/α-hetero) is 1. The molecule has 21 heavy (non-hydrogen) atoms. The van der Waals surface area contributed by atoms with Gasteiger partial charge in [-0.1, -0.05) is 5.92 Å². The van der Waals surface area contributed by atoms with Gasteiger partial charge in [0, 0.05) is 11.1 Å². The third-order valence-corrected chi connectivity index (χ3v) is 2.70. The number of amides is 1. The molecule has 0 heterocycles. The van der Waals surface area contributed by atoms with Crippen LogP contribution in [-0.2, 0) is 4.79 Å². The van der Waals surface area contributed by atoms with E-state index in [4.69, 9.17) is 11.5 Å². The summed E-state index contributed by atoms with van der Waals surface area (Å²) in [5.41, 5.74) is 0.959.